The van der Waals surface area contributed by atoms with Crippen LogP contribution in [0.15, 0.2) is 4.79 Å². The fourth-order valence-electron chi connectivity index (χ4n) is 2.55. The number of nitrogens with one attached hydrogen (secondary N) is 1. The molecule has 0 saturated carbocycles. The Morgan fingerprint density at radius 2 is 2.16 bits per heavy atom. The van der Waals surface area contributed by atoms with E-state index in [9.17, 15) is 9.59 Å². The Kier molecular flexibility index (Phi) is 3.10. The number of rotatable bonds is 3. The number of aromatic nitrogens is 2. The Bertz CT molecular complexity index is 702. The lowest BCUT2D eigenvalue weighted by atomic mass is 9.97. The van der Waals surface area contributed by atoms with Crippen molar-refractivity contribution in [3.05, 3.63) is 26.6 Å². The first kappa shape index (κ1) is 12.3. The van der Waals surface area contributed by atoms with Gasteiger partial charge in [0, 0.05) is 11.3 Å². The van der Waals surface area contributed by atoms with Crippen LogP contribution in [0.3, 0.4) is 0 Å². The number of carboxylic acid groups (broad SMARTS) is 1. The molecule has 2 N–H and O–H groups in total. The highest BCUT2D eigenvalue weighted by atomic mass is 32.1. The van der Waals surface area contributed by atoms with Gasteiger partial charge in [-0.3, -0.25) is 9.59 Å². The molecule has 1 aliphatic rings. The van der Waals surface area contributed by atoms with Crippen LogP contribution >= 0.6 is 11.3 Å². The second-order valence-corrected chi connectivity index (χ2v) is 5.88. The fraction of sp³-hybridized carbons (Fsp3) is 0.462. The van der Waals surface area contributed by atoms with Crippen LogP contribution in [0.25, 0.3) is 10.2 Å². The number of nitrogens with zero attached hydrogens (tertiary/aromatic N) is 1. The molecule has 5 nitrogen and oxygen atoms in total. The molecule has 100 valence electrons. The van der Waals surface area contributed by atoms with Gasteiger partial charge in [-0.1, -0.05) is 0 Å². The molecular weight excluding hydrogens is 264 g/mol. The molecule has 3 rings (SSSR count). The van der Waals surface area contributed by atoms with Crippen molar-refractivity contribution in [2.75, 3.05) is 0 Å². The number of carboxylic acids is 1. The molecule has 0 radical (unpaired) electrons. The average Bonchev–Trinajstić information content (AvgIpc) is 2.74. The van der Waals surface area contributed by atoms with E-state index in [4.69, 9.17) is 5.11 Å². The molecule has 2 aromatic rings. The zero-order valence-electron chi connectivity index (χ0n) is 10.4. The molecule has 2 aromatic heterocycles. The van der Waals surface area contributed by atoms with Crippen molar-refractivity contribution in [1.82, 2.24) is 9.97 Å². The van der Waals surface area contributed by atoms with E-state index in [2.05, 4.69) is 9.97 Å². The number of hydrogen-bond donors (Lipinski definition) is 2. The predicted octanol–water partition coefficient (Wildman–Crippen LogP) is 1.88. The highest BCUT2D eigenvalue weighted by Gasteiger charge is 2.19. The minimum atomic E-state index is -0.881. The van der Waals surface area contributed by atoms with Crippen LogP contribution in [0.4, 0.5) is 0 Å². The maximum Gasteiger partial charge on any atom is 0.303 e. The number of aromatic amines is 1. The molecule has 0 atom stereocenters. The minimum absolute atomic E-state index is 0.0143. The van der Waals surface area contributed by atoms with Crippen molar-refractivity contribution < 1.29 is 9.90 Å². The van der Waals surface area contributed by atoms with Gasteiger partial charge in [0.2, 0.25) is 0 Å². The Morgan fingerprint density at radius 3 is 2.95 bits per heavy atom. The second-order valence-electron chi connectivity index (χ2n) is 4.80. The summed E-state index contributed by atoms with van der Waals surface area (Å²) in [6.45, 7) is 0. The summed E-state index contributed by atoms with van der Waals surface area (Å²) in [5, 5.41) is 9.39. The lowest BCUT2D eigenvalue weighted by Gasteiger charge is -2.09. The molecule has 0 fully saturated rings. The first-order chi connectivity index (χ1) is 9.15. The maximum absolute atomic E-state index is 12.1. The summed E-state index contributed by atoms with van der Waals surface area (Å²) in [7, 11) is 0. The third-order valence-corrected chi connectivity index (χ3v) is 4.64. The van der Waals surface area contributed by atoms with Crippen molar-refractivity contribution in [1.29, 1.82) is 0 Å². The fourth-order valence-corrected chi connectivity index (χ4v) is 3.83. The third-order valence-electron chi connectivity index (χ3n) is 3.45. The zero-order valence-corrected chi connectivity index (χ0v) is 11.2. The molecule has 0 unspecified atom stereocenters. The van der Waals surface area contributed by atoms with Gasteiger partial charge in [-0.15, -0.1) is 11.3 Å². The summed E-state index contributed by atoms with van der Waals surface area (Å²) in [4.78, 5) is 31.9. The van der Waals surface area contributed by atoms with Gasteiger partial charge >= 0.3 is 5.97 Å². The normalized spacial score (nSPS) is 14.5. The van der Waals surface area contributed by atoms with Gasteiger partial charge in [0.15, 0.2) is 0 Å². The summed E-state index contributed by atoms with van der Waals surface area (Å²) in [6, 6.07) is 0. The van der Waals surface area contributed by atoms with E-state index in [1.165, 1.54) is 11.3 Å². The summed E-state index contributed by atoms with van der Waals surface area (Å²) in [5.74, 6) is -0.410. The van der Waals surface area contributed by atoms with Crippen LogP contribution in [0, 0.1) is 0 Å². The quantitative estimate of drug-likeness (QED) is 0.898. The number of hydrogen-bond acceptors (Lipinski definition) is 4. The number of fused-ring (bicyclic) bond motifs is 3. The topological polar surface area (TPSA) is 83.0 Å². The molecule has 0 saturated heterocycles. The van der Waals surface area contributed by atoms with Gasteiger partial charge < -0.3 is 10.1 Å². The molecule has 0 spiro atoms. The number of carbonyl (C=O) groups is 1. The van der Waals surface area contributed by atoms with E-state index in [1.54, 1.807) is 11.3 Å². The molecule has 0 aromatic carbocycles. The standard InChI is InChI=1S/C13H14N2O3S/c16-10(17)6-5-9-14-12(18)11-7-3-1-2-4-8(7)19-13(11)15-9/h1-6H2,(H,16,17)(H,14,15,18). The number of H-pyrrole nitrogens is 1. The van der Waals surface area contributed by atoms with Gasteiger partial charge in [0.25, 0.3) is 5.56 Å². The highest BCUT2D eigenvalue weighted by molar-refractivity contribution is 7.18. The van der Waals surface area contributed by atoms with Crippen LogP contribution in [-0.2, 0) is 24.1 Å². The van der Waals surface area contributed by atoms with Crippen LogP contribution in [0.5, 0.6) is 0 Å². The first-order valence-electron chi connectivity index (χ1n) is 6.40. The third kappa shape index (κ3) is 2.28. The van der Waals surface area contributed by atoms with Gasteiger partial charge in [-0.25, -0.2) is 4.98 Å². The number of thiophene rings is 1. The molecule has 0 aliphatic heterocycles. The van der Waals surface area contributed by atoms with Crippen molar-refractivity contribution in [2.24, 2.45) is 0 Å². The van der Waals surface area contributed by atoms with Gasteiger partial charge in [0.05, 0.1) is 11.8 Å². The molecule has 2 heterocycles. The molecular formula is C13H14N2O3S. The number of aliphatic carboxylic acids is 1. The van der Waals surface area contributed by atoms with Crippen LogP contribution in [0.2, 0.25) is 0 Å². The SMILES string of the molecule is O=C(O)CCc1nc2sc3c(c2c(=O)[nH]1)CCCC3. The van der Waals surface area contributed by atoms with E-state index in [1.807, 2.05) is 0 Å². The van der Waals surface area contributed by atoms with Gasteiger partial charge in [-0.2, -0.15) is 0 Å². The van der Waals surface area contributed by atoms with E-state index in [-0.39, 0.29) is 18.4 Å². The average molecular weight is 278 g/mol. The van der Waals surface area contributed by atoms with Crippen LogP contribution in [-0.4, -0.2) is 21.0 Å². The monoisotopic (exact) mass is 278 g/mol. The van der Waals surface area contributed by atoms with E-state index in [0.717, 1.165) is 35.0 Å². The Balaban J connectivity index is 2.06. The highest BCUT2D eigenvalue weighted by Crippen LogP contribution is 2.33. The summed E-state index contributed by atoms with van der Waals surface area (Å²) < 4.78 is 0. The van der Waals surface area contributed by atoms with Crippen molar-refractivity contribution in [3.8, 4) is 0 Å². The smallest absolute Gasteiger partial charge is 0.303 e. The van der Waals surface area contributed by atoms with Crippen molar-refractivity contribution >= 4 is 27.5 Å². The van der Waals surface area contributed by atoms with E-state index < -0.39 is 5.97 Å². The van der Waals surface area contributed by atoms with Gasteiger partial charge in [-0.05, 0) is 31.2 Å². The van der Waals surface area contributed by atoms with Crippen molar-refractivity contribution in [3.63, 3.8) is 0 Å². The predicted molar refractivity (Wildman–Crippen MR) is 72.8 cm³/mol. The summed E-state index contributed by atoms with van der Waals surface area (Å²) >= 11 is 1.58. The molecule has 6 heteroatoms. The number of aryl methyl sites for hydroxylation is 3. The summed E-state index contributed by atoms with van der Waals surface area (Å²) in [6.07, 6.45) is 4.53. The Hall–Kier alpha value is -1.69. The molecule has 1 aliphatic carbocycles. The van der Waals surface area contributed by atoms with Crippen LogP contribution in [0.1, 0.15) is 35.5 Å². The maximum atomic E-state index is 12.1. The Labute approximate surface area is 113 Å². The van der Waals surface area contributed by atoms with E-state index in [0.29, 0.717) is 5.82 Å². The lowest BCUT2D eigenvalue weighted by Crippen LogP contribution is -2.13. The lowest BCUT2D eigenvalue weighted by molar-refractivity contribution is -0.137. The first-order valence-corrected chi connectivity index (χ1v) is 7.22. The van der Waals surface area contributed by atoms with Gasteiger partial charge in [0.1, 0.15) is 10.7 Å². The zero-order chi connectivity index (χ0) is 13.4. The van der Waals surface area contributed by atoms with E-state index >= 15 is 0 Å². The largest absolute Gasteiger partial charge is 0.481 e. The summed E-state index contributed by atoms with van der Waals surface area (Å²) in [5.41, 5.74) is 1.04. The minimum Gasteiger partial charge on any atom is -0.481 e. The second kappa shape index (κ2) is 4.77. The molecule has 0 amide bonds. The van der Waals surface area contributed by atoms with Crippen LogP contribution < -0.4 is 5.56 Å². The van der Waals surface area contributed by atoms with Crippen molar-refractivity contribution in [2.45, 2.75) is 38.5 Å². The Morgan fingerprint density at radius 1 is 1.37 bits per heavy atom. The molecule has 19 heavy (non-hydrogen) atoms. The molecule has 0 bridgehead atoms.